The van der Waals surface area contributed by atoms with E-state index in [1.54, 1.807) is 25.3 Å². The van der Waals surface area contributed by atoms with Gasteiger partial charge in [-0.05, 0) is 43.9 Å². The molecular weight excluding hydrogens is 352 g/mol. The van der Waals surface area contributed by atoms with E-state index in [-0.39, 0.29) is 17.7 Å². The first-order valence-electron chi connectivity index (χ1n) is 9.51. The zero-order chi connectivity index (χ0) is 18.5. The number of hydrogen-bond donors (Lipinski definition) is 1. The van der Waals surface area contributed by atoms with Crippen molar-refractivity contribution >= 4 is 29.1 Å². The summed E-state index contributed by atoms with van der Waals surface area (Å²) >= 11 is 6.02. The fourth-order valence-corrected chi connectivity index (χ4v) is 4.15. The summed E-state index contributed by atoms with van der Waals surface area (Å²) in [6.45, 7) is 1.33. The van der Waals surface area contributed by atoms with Gasteiger partial charge in [0, 0.05) is 29.9 Å². The van der Waals surface area contributed by atoms with Gasteiger partial charge >= 0.3 is 0 Å². The zero-order valence-corrected chi connectivity index (χ0v) is 16.1. The molecule has 0 atom stereocenters. The van der Waals surface area contributed by atoms with Crippen molar-refractivity contribution in [2.24, 2.45) is 11.8 Å². The van der Waals surface area contributed by atoms with Gasteiger partial charge in [0.15, 0.2) is 0 Å². The van der Waals surface area contributed by atoms with Gasteiger partial charge in [0.1, 0.15) is 5.75 Å². The number of ether oxygens (including phenoxy) is 1. The van der Waals surface area contributed by atoms with Crippen molar-refractivity contribution in [2.75, 3.05) is 25.5 Å². The first kappa shape index (κ1) is 19.0. The number of amides is 2. The van der Waals surface area contributed by atoms with Crippen LogP contribution in [0.1, 0.15) is 44.9 Å². The molecule has 2 amide bonds. The van der Waals surface area contributed by atoms with E-state index in [0.717, 1.165) is 25.7 Å². The molecule has 1 aromatic rings. The Hall–Kier alpha value is -1.75. The molecule has 1 aliphatic heterocycles. The molecule has 1 heterocycles. The number of likely N-dealkylation sites (tertiary alicyclic amines) is 1. The number of anilines is 1. The Labute approximate surface area is 160 Å². The Morgan fingerprint density at radius 2 is 1.77 bits per heavy atom. The summed E-state index contributed by atoms with van der Waals surface area (Å²) in [6.07, 6.45) is 7.02. The van der Waals surface area contributed by atoms with E-state index in [1.807, 2.05) is 4.90 Å². The van der Waals surface area contributed by atoms with Gasteiger partial charge in [0.25, 0.3) is 0 Å². The minimum atomic E-state index is -0.0888. The number of piperidine rings is 1. The lowest BCUT2D eigenvalue weighted by atomic mass is 9.87. The maximum atomic E-state index is 12.6. The monoisotopic (exact) mass is 378 g/mol. The Kier molecular flexibility index (Phi) is 6.41. The number of carbonyl (C=O) groups excluding carboxylic acids is 2. The van der Waals surface area contributed by atoms with Crippen molar-refractivity contribution in [2.45, 2.75) is 44.9 Å². The third kappa shape index (κ3) is 4.50. The molecule has 1 saturated carbocycles. The number of rotatable bonds is 4. The number of nitrogens with one attached hydrogen (secondary N) is 1. The van der Waals surface area contributed by atoms with Crippen LogP contribution in [0.25, 0.3) is 0 Å². The van der Waals surface area contributed by atoms with E-state index in [4.69, 9.17) is 16.3 Å². The van der Waals surface area contributed by atoms with E-state index < -0.39 is 0 Å². The molecule has 2 aliphatic rings. The van der Waals surface area contributed by atoms with Gasteiger partial charge in [-0.2, -0.15) is 0 Å². The predicted octanol–water partition coefficient (Wildman–Crippen LogP) is 4.11. The Morgan fingerprint density at radius 1 is 1.08 bits per heavy atom. The normalized spacial score (nSPS) is 19.2. The first-order chi connectivity index (χ1) is 12.6. The standard InChI is InChI=1S/C20H27ClN2O3/c1-26-18-8-7-16(21)13-17(18)22-19(24)14-9-11-23(12-10-14)20(25)15-5-3-2-4-6-15/h7-8,13-15H,2-6,9-12H2,1H3,(H,22,24). The third-order valence-corrected chi connectivity index (χ3v) is 5.79. The summed E-state index contributed by atoms with van der Waals surface area (Å²) in [5.74, 6) is 0.960. The van der Waals surface area contributed by atoms with Crippen molar-refractivity contribution < 1.29 is 14.3 Å². The molecule has 2 fully saturated rings. The highest BCUT2D eigenvalue weighted by molar-refractivity contribution is 6.31. The lowest BCUT2D eigenvalue weighted by molar-refractivity contribution is -0.139. The van der Waals surface area contributed by atoms with Gasteiger partial charge in [0.2, 0.25) is 11.8 Å². The SMILES string of the molecule is COc1ccc(Cl)cc1NC(=O)C1CCN(C(=O)C2CCCCC2)CC1. The maximum absolute atomic E-state index is 12.6. The fourth-order valence-electron chi connectivity index (χ4n) is 3.98. The van der Waals surface area contributed by atoms with Crippen molar-refractivity contribution in [3.63, 3.8) is 0 Å². The van der Waals surface area contributed by atoms with Gasteiger partial charge in [-0.25, -0.2) is 0 Å². The third-order valence-electron chi connectivity index (χ3n) is 5.55. The molecule has 5 nitrogen and oxygen atoms in total. The minimum absolute atomic E-state index is 0.0321. The molecule has 26 heavy (non-hydrogen) atoms. The van der Waals surface area contributed by atoms with Crippen molar-refractivity contribution in [1.29, 1.82) is 0 Å². The van der Waals surface area contributed by atoms with Crippen LogP contribution in [0.15, 0.2) is 18.2 Å². The quantitative estimate of drug-likeness (QED) is 0.857. The smallest absolute Gasteiger partial charge is 0.227 e. The molecule has 0 aromatic heterocycles. The van der Waals surface area contributed by atoms with Gasteiger partial charge in [-0.3, -0.25) is 9.59 Å². The van der Waals surface area contributed by atoms with Crippen molar-refractivity contribution in [3.8, 4) is 5.75 Å². The van der Waals surface area contributed by atoms with Crippen molar-refractivity contribution in [1.82, 2.24) is 4.90 Å². The van der Waals surface area contributed by atoms with Crippen LogP contribution in [0, 0.1) is 11.8 Å². The molecule has 1 saturated heterocycles. The molecule has 0 radical (unpaired) electrons. The van der Waals surface area contributed by atoms with E-state index in [0.29, 0.717) is 48.3 Å². The van der Waals surface area contributed by atoms with Crippen LogP contribution >= 0.6 is 11.6 Å². The van der Waals surface area contributed by atoms with Gasteiger partial charge in [0.05, 0.1) is 12.8 Å². The molecule has 1 aromatic carbocycles. The highest BCUT2D eigenvalue weighted by Crippen LogP contribution is 2.30. The maximum Gasteiger partial charge on any atom is 0.227 e. The predicted molar refractivity (Wildman–Crippen MR) is 103 cm³/mol. The first-order valence-corrected chi connectivity index (χ1v) is 9.89. The second kappa shape index (κ2) is 8.76. The average molecular weight is 379 g/mol. The average Bonchev–Trinajstić information content (AvgIpc) is 2.68. The Balaban J connectivity index is 1.53. The summed E-state index contributed by atoms with van der Waals surface area (Å²) in [5.41, 5.74) is 0.589. The van der Waals surface area contributed by atoms with Crippen LogP contribution in [0.3, 0.4) is 0 Å². The number of carbonyl (C=O) groups is 2. The van der Waals surface area contributed by atoms with Crippen LogP contribution in [-0.4, -0.2) is 36.9 Å². The summed E-state index contributed by atoms with van der Waals surface area (Å²) in [4.78, 5) is 27.2. The molecule has 6 heteroatoms. The van der Waals surface area contributed by atoms with Gasteiger partial charge in [-0.1, -0.05) is 30.9 Å². The van der Waals surface area contributed by atoms with Crippen molar-refractivity contribution in [3.05, 3.63) is 23.2 Å². The van der Waals surface area contributed by atoms with Gasteiger partial charge in [-0.15, -0.1) is 0 Å². The van der Waals surface area contributed by atoms with Crippen LogP contribution < -0.4 is 10.1 Å². The number of benzene rings is 1. The summed E-state index contributed by atoms with van der Waals surface area (Å²) in [7, 11) is 1.56. The summed E-state index contributed by atoms with van der Waals surface area (Å²) < 4.78 is 5.28. The van der Waals surface area contributed by atoms with E-state index in [2.05, 4.69) is 5.32 Å². The number of hydrogen-bond acceptors (Lipinski definition) is 3. The summed E-state index contributed by atoms with van der Waals surface area (Å²) in [5, 5.41) is 3.48. The summed E-state index contributed by atoms with van der Waals surface area (Å²) in [6, 6.07) is 5.16. The molecular formula is C20H27ClN2O3. The molecule has 1 aliphatic carbocycles. The van der Waals surface area contributed by atoms with Crippen LogP contribution in [0.5, 0.6) is 5.75 Å². The molecule has 0 unspecified atom stereocenters. The largest absolute Gasteiger partial charge is 0.495 e. The Morgan fingerprint density at radius 3 is 2.42 bits per heavy atom. The van der Waals surface area contributed by atoms with E-state index in [9.17, 15) is 9.59 Å². The topological polar surface area (TPSA) is 58.6 Å². The highest BCUT2D eigenvalue weighted by Gasteiger charge is 2.31. The van der Waals surface area contributed by atoms with Gasteiger partial charge < -0.3 is 15.0 Å². The Bertz CT molecular complexity index is 650. The molecule has 1 N–H and O–H groups in total. The lowest BCUT2D eigenvalue weighted by Crippen LogP contribution is -2.44. The number of nitrogens with zero attached hydrogens (tertiary/aromatic N) is 1. The van der Waals surface area contributed by atoms with Crippen LogP contribution in [-0.2, 0) is 9.59 Å². The molecule has 142 valence electrons. The van der Waals surface area contributed by atoms with Crippen LogP contribution in [0.2, 0.25) is 5.02 Å². The zero-order valence-electron chi connectivity index (χ0n) is 15.3. The lowest BCUT2D eigenvalue weighted by Gasteiger charge is -2.34. The fraction of sp³-hybridized carbons (Fsp3) is 0.600. The van der Waals surface area contributed by atoms with Crippen LogP contribution in [0.4, 0.5) is 5.69 Å². The van der Waals surface area contributed by atoms with E-state index >= 15 is 0 Å². The number of methoxy groups -OCH3 is 1. The molecule has 0 spiro atoms. The van der Waals surface area contributed by atoms with E-state index in [1.165, 1.54) is 6.42 Å². The molecule has 3 rings (SSSR count). The number of halogens is 1. The second-order valence-corrected chi connectivity index (χ2v) is 7.70. The molecule has 0 bridgehead atoms. The highest BCUT2D eigenvalue weighted by atomic mass is 35.5. The minimum Gasteiger partial charge on any atom is -0.495 e. The second-order valence-electron chi connectivity index (χ2n) is 7.27.